The fraction of sp³-hybridized carbons (Fsp3) is 0.179. The molecule has 0 saturated heterocycles. The van der Waals surface area contributed by atoms with Gasteiger partial charge in [0.25, 0.3) is 0 Å². The van der Waals surface area contributed by atoms with E-state index in [2.05, 4.69) is 90.7 Å². The highest BCUT2D eigenvalue weighted by atomic mass is 16.4. The zero-order chi connectivity index (χ0) is 23.5. The Hall–Kier alpha value is -4.03. The third-order valence-electron chi connectivity index (χ3n) is 5.71. The van der Waals surface area contributed by atoms with Gasteiger partial charge in [0.1, 0.15) is 0 Å². The Bertz CT molecular complexity index is 1390. The summed E-state index contributed by atoms with van der Waals surface area (Å²) in [6, 6.07) is 26.7. The Kier molecular flexibility index (Phi) is 6.06. The van der Waals surface area contributed by atoms with E-state index in [1.54, 1.807) is 0 Å². The highest BCUT2D eigenvalue weighted by Crippen LogP contribution is 2.26. The first-order chi connectivity index (χ1) is 16.5. The van der Waals surface area contributed by atoms with Crippen LogP contribution in [0.2, 0.25) is 0 Å². The van der Waals surface area contributed by atoms with Crippen LogP contribution in [-0.2, 0) is 13.1 Å². The van der Waals surface area contributed by atoms with Gasteiger partial charge < -0.3 is 4.42 Å². The molecule has 34 heavy (non-hydrogen) atoms. The first kappa shape index (κ1) is 21.8. The Morgan fingerprint density at radius 3 is 2.32 bits per heavy atom. The van der Waals surface area contributed by atoms with Crippen molar-refractivity contribution in [1.29, 1.82) is 0 Å². The number of hydrogen-bond acceptors (Lipinski definition) is 5. The molecule has 170 valence electrons. The van der Waals surface area contributed by atoms with Gasteiger partial charge in [-0.05, 0) is 51.2 Å². The van der Waals surface area contributed by atoms with Crippen LogP contribution in [0.4, 0.5) is 0 Å². The lowest BCUT2D eigenvalue weighted by Gasteiger charge is -2.14. The van der Waals surface area contributed by atoms with Gasteiger partial charge in [0.2, 0.25) is 11.8 Å². The second kappa shape index (κ2) is 9.45. The van der Waals surface area contributed by atoms with Crippen LogP contribution in [0.3, 0.4) is 0 Å². The molecule has 2 heterocycles. The Labute approximate surface area is 199 Å². The van der Waals surface area contributed by atoms with Crippen LogP contribution >= 0.6 is 0 Å². The summed E-state index contributed by atoms with van der Waals surface area (Å²) in [5.41, 5.74) is 7.62. The maximum absolute atomic E-state index is 5.91. The van der Waals surface area contributed by atoms with Gasteiger partial charge in [-0.1, -0.05) is 59.7 Å². The van der Waals surface area contributed by atoms with Crippen LogP contribution in [0.15, 0.2) is 89.5 Å². The van der Waals surface area contributed by atoms with E-state index < -0.39 is 0 Å². The minimum absolute atomic E-state index is 0.539. The summed E-state index contributed by atoms with van der Waals surface area (Å²) in [5, 5.41) is 13.4. The van der Waals surface area contributed by atoms with Crippen molar-refractivity contribution in [2.24, 2.45) is 0 Å². The summed E-state index contributed by atoms with van der Waals surface area (Å²) in [6.07, 6.45) is 2.11. The van der Waals surface area contributed by atoms with Crippen molar-refractivity contribution in [2.45, 2.75) is 26.9 Å². The highest BCUT2D eigenvalue weighted by molar-refractivity contribution is 5.64. The van der Waals surface area contributed by atoms with Crippen molar-refractivity contribution in [3.05, 3.63) is 108 Å². The maximum Gasteiger partial charge on any atom is 0.247 e. The van der Waals surface area contributed by atoms with Crippen molar-refractivity contribution in [3.63, 3.8) is 0 Å². The van der Waals surface area contributed by atoms with Crippen LogP contribution in [0.1, 0.15) is 22.6 Å². The molecule has 2 aromatic heterocycles. The van der Waals surface area contributed by atoms with Crippen molar-refractivity contribution in [3.8, 4) is 28.4 Å². The highest BCUT2D eigenvalue weighted by Gasteiger charge is 2.16. The molecule has 6 heteroatoms. The number of benzene rings is 3. The molecule has 0 bridgehead atoms. The lowest BCUT2D eigenvalue weighted by molar-refractivity contribution is 0.283. The molecule has 0 saturated carbocycles. The fourth-order valence-electron chi connectivity index (χ4n) is 3.98. The van der Waals surface area contributed by atoms with E-state index >= 15 is 0 Å². The molecule has 0 N–H and O–H groups in total. The average Bonchev–Trinajstić information content (AvgIpc) is 3.47. The largest absolute Gasteiger partial charge is 0.419 e. The minimum Gasteiger partial charge on any atom is -0.419 e. The molecular weight excluding hydrogens is 422 g/mol. The zero-order valence-corrected chi connectivity index (χ0v) is 19.6. The molecular formula is C28H27N5O. The molecule has 0 aliphatic carbocycles. The molecule has 0 fully saturated rings. The molecule has 0 unspecified atom stereocenters. The second-order valence-electron chi connectivity index (χ2n) is 8.69. The number of hydrogen-bond donors (Lipinski definition) is 0. The van der Waals surface area contributed by atoms with E-state index in [4.69, 9.17) is 9.52 Å². The Balaban J connectivity index is 1.40. The summed E-state index contributed by atoms with van der Waals surface area (Å²) in [5.74, 6) is 1.13. The van der Waals surface area contributed by atoms with Crippen molar-refractivity contribution >= 4 is 0 Å². The first-order valence-corrected chi connectivity index (χ1v) is 11.3. The summed E-state index contributed by atoms with van der Waals surface area (Å²) in [6.45, 7) is 5.43. The smallest absolute Gasteiger partial charge is 0.247 e. The van der Waals surface area contributed by atoms with Crippen LogP contribution in [-0.4, -0.2) is 31.9 Å². The molecule has 5 rings (SSSR count). The Morgan fingerprint density at radius 1 is 0.794 bits per heavy atom. The van der Waals surface area contributed by atoms with Crippen molar-refractivity contribution in [1.82, 2.24) is 24.9 Å². The molecule has 5 aromatic rings. The van der Waals surface area contributed by atoms with Crippen LogP contribution < -0.4 is 0 Å². The van der Waals surface area contributed by atoms with Gasteiger partial charge in [-0.25, -0.2) is 4.68 Å². The lowest BCUT2D eigenvalue weighted by atomic mass is 10.1. The summed E-state index contributed by atoms with van der Waals surface area (Å²) >= 11 is 0. The number of aryl methyl sites for hydroxylation is 2. The van der Waals surface area contributed by atoms with Gasteiger partial charge in [-0.2, -0.15) is 5.10 Å². The summed E-state index contributed by atoms with van der Waals surface area (Å²) < 4.78 is 7.87. The van der Waals surface area contributed by atoms with E-state index in [1.165, 1.54) is 11.1 Å². The molecule has 0 aliphatic rings. The molecule has 0 amide bonds. The van der Waals surface area contributed by atoms with E-state index in [0.717, 1.165) is 28.1 Å². The topological polar surface area (TPSA) is 60.0 Å². The number of nitrogens with zero attached hydrogens (tertiary/aromatic N) is 5. The van der Waals surface area contributed by atoms with Crippen LogP contribution in [0.25, 0.3) is 28.4 Å². The fourth-order valence-corrected chi connectivity index (χ4v) is 3.98. The molecule has 3 aromatic carbocycles. The van der Waals surface area contributed by atoms with Crippen LogP contribution in [0.5, 0.6) is 0 Å². The zero-order valence-electron chi connectivity index (χ0n) is 19.6. The molecule has 0 atom stereocenters. The van der Waals surface area contributed by atoms with E-state index in [-0.39, 0.29) is 0 Å². The van der Waals surface area contributed by atoms with Gasteiger partial charge in [-0.15, -0.1) is 10.2 Å². The standard InChI is InChI=1S/C28H27N5O/c1-20-12-14-25(15-13-20)33-18-24(27(31-33)23-11-7-8-21(2)16-23)17-32(3)19-26-29-30-28(34-26)22-9-5-4-6-10-22/h4-16,18H,17,19H2,1-3H3. The van der Waals surface area contributed by atoms with E-state index in [9.17, 15) is 0 Å². The predicted molar refractivity (Wildman–Crippen MR) is 133 cm³/mol. The quantitative estimate of drug-likeness (QED) is 0.312. The van der Waals surface area contributed by atoms with Crippen molar-refractivity contribution in [2.75, 3.05) is 7.05 Å². The molecule has 0 radical (unpaired) electrons. The van der Waals surface area contributed by atoms with Gasteiger partial charge in [-0.3, -0.25) is 4.90 Å². The van der Waals surface area contributed by atoms with Gasteiger partial charge in [0.05, 0.1) is 17.9 Å². The number of rotatable bonds is 7. The third-order valence-corrected chi connectivity index (χ3v) is 5.71. The van der Waals surface area contributed by atoms with Crippen LogP contribution in [0, 0.1) is 13.8 Å². The molecule has 6 nitrogen and oxygen atoms in total. The van der Waals surface area contributed by atoms with Gasteiger partial charge in [0.15, 0.2) is 0 Å². The molecule has 0 aliphatic heterocycles. The minimum atomic E-state index is 0.539. The third kappa shape index (κ3) is 4.82. The van der Waals surface area contributed by atoms with E-state index in [1.807, 2.05) is 35.0 Å². The summed E-state index contributed by atoms with van der Waals surface area (Å²) in [4.78, 5) is 2.16. The normalized spacial score (nSPS) is 11.3. The van der Waals surface area contributed by atoms with Gasteiger partial charge in [0, 0.05) is 29.4 Å². The Morgan fingerprint density at radius 2 is 1.56 bits per heavy atom. The number of aromatic nitrogens is 4. The van der Waals surface area contributed by atoms with E-state index in [0.29, 0.717) is 24.9 Å². The van der Waals surface area contributed by atoms with Crippen molar-refractivity contribution < 1.29 is 4.42 Å². The van der Waals surface area contributed by atoms with Gasteiger partial charge >= 0.3 is 0 Å². The average molecular weight is 450 g/mol. The second-order valence-corrected chi connectivity index (χ2v) is 8.69. The monoisotopic (exact) mass is 449 g/mol. The SMILES string of the molecule is Cc1ccc(-n2cc(CN(C)Cc3nnc(-c4ccccc4)o3)c(-c3cccc(C)c3)n2)cc1. The first-order valence-electron chi connectivity index (χ1n) is 11.3. The predicted octanol–water partition coefficient (Wildman–Crippen LogP) is 5.84. The lowest BCUT2D eigenvalue weighted by Crippen LogP contribution is -2.17. The molecule has 0 spiro atoms. The summed E-state index contributed by atoms with van der Waals surface area (Å²) in [7, 11) is 2.05. The maximum atomic E-state index is 5.91.